The maximum Gasteiger partial charge on any atom is 0.287 e. The van der Waals surface area contributed by atoms with Crippen LogP contribution in [-0.4, -0.2) is 24.8 Å². The van der Waals surface area contributed by atoms with Crippen molar-refractivity contribution in [2.24, 2.45) is 0 Å². The van der Waals surface area contributed by atoms with E-state index in [0.29, 0.717) is 10.8 Å². The van der Waals surface area contributed by atoms with Gasteiger partial charge in [0.2, 0.25) is 0 Å². The molecule has 2 aromatic rings. The molecular weight excluding hydrogens is 293 g/mol. The molecule has 1 N–H and O–H groups in total. The fraction of sp³-hybridized carbons (Fsp3) is 0.267. The van der Waals surface area contributed by atoms with E-state index in [9.17, 15) is 9.18 Å². The number of carbonyl (C=O) groups is 1. The molecule has 1 aromatic carbocycles. The van der Waals surface area contributed by atoms with Crippen LogP contribution in [0.5, 0.6) is 5.75 Å². The van der Waals surface area contributed by atoms with Crippen molar-refractivity contribution in [1.29, 1.82) is 0 Å². The largest absolute Gasteiger partial charge is 0.491 e. The summed E-state index contributed by atoms with van der Waals surface area (Å²) in [6, 6.07) is 8.91. The summed E-state index contributed by atoms with van der Waals surface area (Å²) in [5, 5.41) is 3.46. The zero-order valence-corrected chi connectivity index (χ0v) is 12.6. The standard InChI is InChI=1S/C15H16FNO3S/c1-10(9-19-12-5-3-11(16)4-6-12)17-15(18)13-7-8-14(20-13)21-2/h3-8,10H,9H2,1-2H3,(H,17,18). The molecule has 0 saturated carbocycles. The average Bonchev–Trinajstić information content (AvgIpc) is 2.96. The Labute approximate surface area is 126 Å². The summed E-state index contributed by atoms with van der Waals surface area (Å²) in [4.78, 5) is 11.9. The number of hydrogen-bond donors (Lipinski definition) is 1. The fourth-order valence-electron chi connectivity index (χ4n) is 1.64. The number of halogens is 1. The first kappa shape index (κ1) is 15.4. The molecule has 0 fully saturated rings. The highest BCUT2D eigenvalue weighted by atomic mass is 32.2. The van der Waals surface area contributed by atoms with Gasteiger partial charge in [0.15, 0.2) is 10.9 Å². The van der Waals surface area contributed by atoms with E-state index in [1.54, 1.807) is 24.3 Å². The normalized spacial score (nSPS) is 12.0. The van der Waals surface area contributed by atoms with Crippen LogP contribution in [0.15, 0.2) is 45.9 Å². The van der Waals surface area contributed by atoms with Crippen LogP contribution >= 0.6 is 11.8 Å². The summed E-state index contributed by atoms with van der Waals surface area (Å²) >= 11 is 1.43. The Kier molecular flexibility index (Phi) is 5.27. The third-order valence-corrected chi connectivity index (χ3v) is 3.32. The lowest BCUT2D eigenvalue weighted by Crippen LogP contribution is -2.36. The molecule has 0 aliphatic carbocycles. The number of furan rings is 1. The maximum absolute atomic E-state index is 12.8. The highest BCUT2D eigenvalue weighted by Crippen LogP contribution is 2.18. The molecule has 1 atom stereocenters. The molecule has 0 radical (unpaired) electrons. The molecule has 6 heteroatoms. The van der Waals surface area contributed by atoms with E-state index >= 15 is 0 Å². The summed E-state index contributed by atoms with van der Waals surface area (Å²) in [6.07, 6.45) is 1.87. The van der Waals surface area contributed by atoms with Crippen LogP contribution in [0, 0.1) is 5.82 Å². The van der Waals surface area contributed by atoms with Gasteiger partial charge < -0.3 is 14.5 Å². The highest BCUT2D eigenvalue weighted by molar-refractivity contribution is 7.98. The first-order valence-electron chi connectivity index (χ1n) is 6.41. The molecule has 1 heterocycles. The van der Waals surface area contributed by atoms with E-state index in [1.165, 1.54) is 23.9 Å². The maximum atomic E-state index is 12.8. The number of amides is 1. The Bertz CT molecular complexity index is 597. The first-order valence-corrected chi connectivity index (χ1v) is 7.64. The van der Waals surface area contributed by atoms with Crippen LogP contribution in [0.1, 0.15) is 17.5 Å². The van der Waals surface area contributed by atoms with Crippen molar-refractivity contribution in [3.63, 3.8) is 0 Å². The molecule has 0 aliphatic heterocycles. The van der Waals surface area contributed by atoms with Crippen molar-refractivity contribution in [1.82, 2.24) is 5.32 Å². The SMILES string of the molecule is CSc1ccc(C(=O)NC(C)COc2ccc(F)cc2)o1. The van der Waals surface area contributed by atoms with Crippen molar-refractivity contribution in [2.45, 2.75) is 18.1 Å². The number of rotatable bonds is 6. The number of benzene rings is 1. The minimum atomic E-state index is -0.314. The van der Waals surface area contributed by atoms with E-state index in [1.807, 2.05) is 13.2 Å². The Morgan fingerprint density at radius 1 is 1.33 bits per heavy atom. The monoisotopic (exact) mass is 309 g/mol. The van der Waals surface area contributed by atoms with Gasteiger partial charge in [0.05, 0.1) is 6.04 Å². The van der Waals surface area contributed by atoms with Crippen LogP contribution in [0.4, 0.5) is 4.39 Å². The molecule has 21 heavy (non-hydrogen) atoms. The van der Waals surface area contributed by atoms with Gasteiger partial charge in [0, 0.05) is 0 Å². The summed E-state index contributed by atoms with van der Waals surface area (Å²) in [7, 11) is 0. The number of ether oxygens (including phenoxy) is 1. The van der Waals surface area contributed by atoms with E-state index in [2.05, 4.69) is 5.32 Å². The summed E-state index contributed by atoms with van der Waals surface area (Å²) < 4.78 is 23.6. The summed E-state index contributed by atoms with van der Waals surface area (Å²) in [6.45, 7) is 2.10. The molecular formula is C15H16FNO3S. The van der Waals surface area contributed by atoms with Gasteiger partial charge in [-0.15, -0.1) is 0 Å². The van der Waals surface area contributed by atoms with Crippen LogP contribution in [0.2, 0.25) is 0 Å². The third kappa shape index (κ3) is 4.53. The zero-order chi connectivity index (χ0) is 15.2. The van der Waals surface area contributed by atoms with E-state index in [4.69, 9.17) is 9.15 Å². The van der Waals surface area contributed by atoms with Crippen LogP contribution in [-0.2, 0) is 0 Å². The van der Waals surface area contributed by atoms with Gasteiger partial charge in [0.1, 0.15) is 18.2 Å². The number of carbonyl (C=O) groups excluding carboxylic acids is 1. The first-order chi connectivity index (χ1) is 10.1. The number of thioether (sulfide) groups is 1. The third-order valence-electron chi connectivity index (χ3n) is 2.70. The lowest BCUT2D eigenvalue weighted by Gasteiger charge is -2.14. The molecule has 112 valence electrons. The summed E-state index contributed by atoms with van der Waals surface area (Å²) in [5.74, 6) is 0.227. The Morgan fingerprint density at radius 3 is 2.67 bits per heavy atom. The molecule has 2 rings (SSSR count). The van der Waals surface area contributed by atoms with Crippen molar-refractivity contribution in [3.8, 4) is 5.75 Å². The molecule has 0 bridgehead atoms. The highest BCUT2D eigenvalue weighted by Gasteiger charge is 2.14. The van der Waals surface area contributed by atoms with Gasteiger partial charge in [-0.1, -0.05) is 11.8 Å². The number of hydrogen-bond acceptors (Lipinski definition) is 4. The average molecular weight is 309 g/mol. The second-order valence-corrected chi connectivity index (χ2v) is 5.27. The predicted octanol–water partition coefficient (Wildman–Crippen LogP) is 3.34. The Balaban J connectivity index is 1.82. The second-order valence-electron chi connectivity index (χ2n) is 4.46. The van der Waals surface area contributed by atoms with E-state index < -0.39 is 0 Å². The van der Waals surface area contributed by atoms with Crippen molar-refractivity contribution >= 4 is 17.7 Å². The molecule has 1 unspecified atom stereocenters. The molecule has 4 nitrogen and oxygen atoms in total. The Hall–Kier alpha value is -1.95. The van der Waals surface area contributed by atoms with Crippen molar-refractivity contribution in [3.05, 3.63) is 48.0 Å². The van der Waals surface area contributed by atoms with Gasteiger partial charge >= 0.3 is 0 Å². The molecule has 0 spiro atoms. The van der Waals surface area contributed by atoms with Crippen LogP contribution in [0.25, 0.3) is 0 Å². The van der Waals surface area contributed by atoms with Gasteiger partial charge in [0.25, 0.3) is 5.91 Å². The predicted molar refractivity (Wildman–Crippen MR) is 79.3 cm³/mol. The lowest BCUT2D eigenvalue weighted by atomic mass is 10.3. The van der Waals surface area contributed by atoms with Crippen LogP contribution in [0.3, 0.4) is 0 Å². The van der Waals surface area contributed by atoms with Gasteiger partial charge in [-0.3, -0.25) is 4.79 Å². The summed E-state index contributed by atoms with van der Waals surface area (Å²) in [5.41, 5.74) is 0. The van der Waals surface area contributed by atoms with E-state index in [-0.39, 0.29) is 30.1 Å². The van der Waals surface area contributed by atoms with Crippen molar-refractivity contribution in [2.75, 3.05) is 12.9 Å². The molecule has 0 saturated heterocycles. The lowest BCUT2D eigenvalue weighted by molar-refractivity contribution is 0.0893. The minimum absolute atomic E-state index is 0.203. The van der Waals surface area contributed by atoms with Gasteiger partial charge in [-0.2, -0.15) is 0 Å². The van der Waals surface area contributed by atoms with Crippen molar-refractivity contribution < 1.29 is 18.3 Å². The van der Waals surface area contributed by atoms with Gasteiger partial charge in [-0.05, 0) is 49.6 Å². The quantitative estimate of drug-likeness (QED) is 0.832. The second kappa shape index (κ2) is 7.17. The smallest absolute Gasteiger partial charge is 0.287 e. The number of nitrogens with one attached hydrogen (secondary N) is 1. The fourth-order valence-corrected chi connectivity index (χ4v) is 2.02. The van der Waals surface area contributed by atoms with Crippen LogP contribution < -0.4 is 10.1 Å². The van der Waals surface area contributed by atoms with E-state index in [0.717, 1.165) is 0 Å². The minimum Gasteiger partial charge on any atom is -0.491 e. The Morgan fingerprint density at radius 2 is 2.05 bits per heavy atom. The molecule has 1 amide bonds. The molecule has 1 aromatic heterocycles. The van der Waals surface area contributed by atoms with Gasteiger partial charge in [-0.25, -0.2) is 4.39 Å². The molecule has 0 aliphatic rings. The zero-order valence-electron chi connectivity index (χ0n) is 11.8. The topological polar surface area (TPSA) is 51.5 Å².